The highest BCUT2D eigenvalue weighted by Crippen LogP contribution is 2.29. The van der Waals surface area contributed by atoms with Crippen LogP contribution in [0.25, 0.3) is 0 Å². The third-order valence-electron chi connectivity index (χ3n) is 3.57. The van der Waals surface area contributed by atoms with Crippen LogP contribution >= 0.6 is 11.6 Å². The molecule has 0 saturated heterocycles. The van der Waals surface area contributed by atoms with Gasteiger partial charge >= 0.3 is 0 Å². The number of benzene rings is 2. The minimum Gasteiger partial charge on any atom is -0.487 e. The Balaban J connectivity index is 2.13. The lowest BCUT2D eigenvalue weighted by atomic mass is 10.1. The molecule has 0 radical (unpaired) electrons. The van der Waals surface area contributed by atoms with Crippen molar-refractivity contribution in [2.45, 2.75) is 33.9 Å². The van der Waals surface area contributed by atoms with Gasteiger partial charge in [-0.2, -0.15) is 0 Å². The van der Waals surface area contributed by atoms with E-state index in [-0.39, 0.29) is 0 Å². The number of aryl methyl sites for hydroxylation is 2. The predicted octanol–water partition coefficient (Wildman–Crippen LogP) is 4.65. The average molecular weight is 304 g/mol. The number of halogens is 1. The van der Waals surface area contributed by atoms with Crippen molar-refractivity contribution >= 4 is 11.6 Å². The molecule has 0 bridgehead atoms. The lowest BCUT2D eigenvalue weighted by molar-refractivity contribution is 0.302. The van der Waals surface area contributed by atoms with Crippen LogP contribution in [0.2, 0.25) is 5.02 Å². The third kappa shape index (κ3) is 4.23. The van der Waals surface area contributed by atoms with Gasteiger partial charge in [0.25, 0.3) is 0 Å². The number of hydrogen-bond acceptors (Lipinski definition) is 2. The van der Waals surface area contributed by atoms with E-state index in [2.05, 4.69) is 44.3 Å². The molecule has 0 aromatic heterocycles. The van der Waals surface area contributed by atoms with E-state index in [1.165, 1.54) is 11.1 Å². The zero-order chi connectivity index (χ0) is 15.2. The number of para-hydroxylation sites is 1. The second-order valence-corrected chi connectivity index (χ2v) is 5.62. The molecule has 3 heteroatoms. The van der Waals surface area contributed by atoms with Crippen LogP contribution in [0.1, 0.15) is 29.2 Å². The average Bonchev–Trinajstić information content (AvgIpc) is 2.47. The van der Waals surface area contributed by atoms with Crippen molar-refractivity contribution in [1.29, 1.82) is 0 Å². The van der Waals surface area contributed by atoms with Crippen molar-refractivity contribution in [1.82, 2.24) is 5.32 Å². The van der Waals surface area contributed by atoms with Gasteiger partial charge in [0.15, 0.2) is 0 Å². The zero-order valence-electron chi connectivity index (χ0n) is 12.9. The summed E-state index contributed by atoms with van der Waals surface area (Å²) in [6, 6.07) is 12.3. The Kier molecular flexibility index (Phi) is 5.66. The molecule has 2 aromatic rings. The fraction of sp³-hybridized carbons (Fsp3) is 0.333. The smallest absolute Gasteiger partial charge is 0.142 e. The van der Waals surface area contributed by atoms with Crippen molar-refractivity contribution in [3.05, 3.63) is 63.7 Å². The lowest BCUT2D eigenvalue weighted by Crippen LogP contribution is -2.13. The van der Waals surface area contributed by atoms with Gasteiger partial charge in [-0.25, -0.2) is 0 Å². The normalized spacial score (nSPS) is 10.7. The van der Waals surface area contributed by atoms with E-state index in [0.29, 0.717) is 11.6 Å². The first kappa shape index (κ1) is 15.9. The van der Waals surface area contributed by atoms with Crippen molar-refractivity contribution in [2.75, 3.05) is 6.54 Å². The molecular formula is C18H22ClNO. The molecule has 0 saturated carbocycles. The Bertz CT molecular complexity index is 610. The quantitative estimate of drug-likeness (QED) is 0.839. The van der Waals surface area contributed by atoms with E-state index in [0.717, 1.165) is 30.0 Å². The highest BCUT2D eigenvalue weighted by Gasteiger charge is 2.08. The SMILES string of the molecule is CCNCc1cccc(Cl)c1OCc1ccc(C)c(C)c1. The standard InChI is InChI=1S/C18H22ClNO/c1-4-20-11-16-6-5-7-17(19)18(16)21-12-15-9-8-13(2)14(3)10-15/h5-10,20H,4,11-12H2,1-3H3. The molecule has 0 aliphatic heterocycles. The summed E-state index contributed by atoms with van der Waals surface area (Å²) >= 11 is 6.28. The van der Waals surface area contributed by atoms with Crippen molar-refractivity contribution in [2.24, 2.45) is 0 Å². The second kappa shape index (κ2) is 7.48. The van der Waals surface area contributed by atoms with Crippen LogP contribution in [0.3, 0.4) is 0 Å². The number of hydrogen-bond donors (Lipinski definition) is 1. The Hall–Kier alpha value is -1.51. The van der Waals surface area contributed by atoms with E-state index in [1.807, 2.05) is 18.2 Å². The molecule has 1 N–H and O–H groups in total. The summed E-state index contributed by atoms with van der Waals surface area (Å²) < 4.78 is 5.97. The Morgan fingerprint density at radius 2 is 1.90 bits per heavy atom. The molecule has 2 nitrogen and oxygen atoms in total. The first-order chi connectivity index (χ1) is 10.1. The summed E-state index contributed by atoms with van der Waals surface area (Å²) in [6.07, 6.45) is 0. The fourth-order valence-electron chi connectivity index (χ4n) is 2.16. The van der Waals surface area contributed by atoms with Crippen molar-refractivity contribution in [3.8, 4) is 5.75 Å². The van der Waals surface area contributed by atoms with Gasteiger partial charge < -0.3 is 10.1 Å². The topological polar surface area (TPSA) is 21.3 Å². The number of rotatable bonds is 6. The first-order valence-electron chi connectivity index (χ1n) is 7.29. The van der Waals surface area contributed by atoms with Gasteiger partial charge in [-0.05, 0) is 43.1 Å². The van der Waals surface area contributed by atoms with Crippen molar-refractivity contribution < 1.29 is 4.74 Å². The summed E-state index contributed by atoms with van der Waals surface area (Å²) in [5, 5.41) is 3.97. The molecule has 0 spiro atoms. The first-order valence-corrected chi connectivity index (χ1v) is 7.66. The van der Waals surface area contributed by atoms with Crippen LogP contribution in [0.4, 0.5) is 0 Å². The van der Waals surface area contributed by atoms with Gasteiger partial charge in [0.05, 0.1) is 5.02 Å². The van der Waals surface area contributed by atoms with Gasteiger partial charge in [0.2, 0.25) is 0 Å². The molecule has 0 unspecified atom stereocenters. The lowest BCUT2D eigenvalue weighted by Gasteiger charge is -2.14. The predicted molar refractivity (Wildman–Crippen MR) is 89.1 cm³/mol. The third-order valence-corrected chi connectivity index (χ3v) is 3.87. The molecule has 2 rings (SSSR count). The van der Waals surface area contributed by atoms with Crippen LogP contribution in [0.5, 0.6) is 5.75 Å². The van der Waals surface area contributed by atoms with Crippen LogP contribution in [0, 0.1) is 13.8 Å². The van der Waals surface area contributed by atoms with E-state index < -0.39 is 0 Å². The zero-order valence-corrected chi connectivity index (χ0v) is 13.6. The van der Waals surface area contributed by atoms with Crippen LogP contribution in [0.15, 0.2) is 36.4 Å². The summed E-state index contributed by atoms with van der Waals surface area (Å²) in [7, 11) is 0. The van der Waals surface area contributed by atoms with E-state index in [4.69, 9.17) is 16.3 Å². The van der Waals surface area contributed by atoms with Gasteiger partial charge in [-0.15, -0.1) is 0 Å². The number of nitrogens with one attached hydrogen (secondary N) is 1. The summed E-state index contributed by atoms with van der Waals surface area (Å²) in [5.74, 6) is 0.776. The van der Waals surface area contributed by atoms with Gasteiger partial charge in [-0.1, -0.05) is 48.9 Å². The summed E-state index contributed by atoms with van der Waals surface area (Å²) in [5.41, 5.74) is 4.83. The van der Waals surface area contributed by atoms with E-state index in [1.54, 1.807) is 0 Å². The maximum absolute atomic E-state index is 6.28. The van der Waals surface area contributed by atoms with E-state index in [9.17, 15) is 0 Å². The molecule has 0 fully saturated rings. The molecule has 0 amide bonds. The molecule has 112 valence electrons. The Morgan fingerprint density at radius 3 is 2.62 bits per heavy atom. The molecule has 0 aliphatic carbocycles. The molecule has 2 aromatic carbocycles. The maximum Gasteiger partial charge on any atom is 0.142 e. The molecular weight excluding hydrogens is 282 g/mol. The minimum atomic E-state index is 0.532. The molecule has 0 aliphatic rings. The second-order valence-electron chi connectivity index (χ2n) is 5.22. The van der Waals surface area contributed by atoms with Crippen LogP contribution in [-0.2, 0) is 13.2 Å². The Labute approximate surface area is 132 Å². The van der Waals surface area contributed by atoms with Crippen LogP contribution in [-0.4, -0.2) is 6.54 Å². The van der Waals surface area contributed by atoms with Gasteiger partial charge in [0.1, 0.15) is 12.4 Å². The van der Waals surface area contributed by atoms with Crippen LogP contribution < -0.4 is 10.1 Å². The highest BCUT2D eigenvalue weighted by atomic mass is 35.5. The molecule has 0 atom stereocenters. The fourth-order valence-corrected chi connectivity index (χ4v) is 2.41. The summed E-state index contributed by atoms with van der Waals surface area (Å²) in [6.45, 7) is 8.53. The molecule has 21 heavy (non-hydrogen) atoms. The van der Waals surface area contributed by atoms with Crippen molar-refractivity contribution in [3.63, 3.8) is 0 Å². The van der Waals surface area contributed by atoms with E-state index >= 15 is 0 Å². The van der Waals surface area contributed by atoms with Gasteiger partial charge in [0, 0.05) is 12.1 Å². The Morgan fingerprint density at radius 1 is 1.10 bits per heavy atom. The maximum atomic E-state index is 6.28. The minimum absolute atomic E-state index is 0.532. The van der Waals surface area contributed by atoms with Gasteiger partial charge in [-0.3, -0.25) is 0 Å². The summed E-state index contributed by atoms with van der Waals surface area (Å²) in [4.78, 5) is 0. The monoisotopic (exact) mass is 303 g/mol. The molecule has 0 heterocycles. The highest BCUT2D eigenvalue weighted by molar-refractivity contribution is 6.32. The largest absolute Gasteiger partial charge is 0.487 e. The number of ether oxygens (including phenoxy) is 1.